The molecule has 0 heterocycles. The molecule has 2 aromatic rings. The number of carbonyl (C=O) groups excluding carboxylic acids is 1. The van der Waals surface area contributed by atoms with E-state index in [-0.39, 0.29) is 11.8 Å². The number of nitrogens with two attached hydrogens (primary N) is 1. The van der Waals surface area contributed by atoms with Crippen LogP contribution in [-0.4, -0.2) is 13.0 Å². The summed E-state index contributed by atoms with van der Waals surface area (Å²) in [6, 6.07) is 14.1. The summed E-state index contributed by atoms with van der Waals surface area (Å²) in [6.45, 7) is 4.09. The fraction of sp³-hybridized carbons (Fsp3) is 0.316. The number of hydrogen-bond donors (Lipinski definition) is 1. The van der Waals surface area contributed by atoms with Crippen molar-refractivity contribution in [2.24, 2.45) is 5.73 Å². The molecule has 0 atom stereocenters. The largest absolute Gasteiger partial charge is 0.496 e. The molecule has 0 aliphatic rings. The summed E-state index contributed by atoms with van der Waals surface area (Å²) in [6.07, 6.45) is 1.71. The second-order valence-corrected chi connectivity index (χ2v) is 5.76. The minimum atomic E-state index is -0.382. The van der Waals surface area contributed by atoms with Crippen molar-refractivity contribution in [2.45, 2.75) is 32.6 Å². The average molecular weight is 297 g/mol. The van der Waals surface area contributed by atoms with Gasteiger partial charge >= 0.3 is 0 Å². The zero-order chi connectivity index (χ0) is 16.1. The van der Waals surface area contributed by atoms with Crippen LogP contribution < -0.4 is 10.5 Å². The number of ether oxygens (including phenoxy) is 1. The Hall–Kier alpha value is -2.29. The van der Waals surface area contributed by atoms with Gasteiger partial charge in [-0.25, -0.2) is 0 Å². The lowest BCUT2D eigenvalue weighted by atomic mass is 9.92. The second kappa shape index (κ2) is 7.12. The highest BCUT2D eigenvalue weighted by Crippen LogP contribution is 2.29. The van der Waals surface area contributed by atoms with Crippen LogP contribution in [0.5, 0.6) is 5.75 Å². The molecular formula is C19H23NO2. The number of hydrogen-bond acceptors (Lipinski definition) is 2. The highest BCUT2D eigenvalue weighted by molar-refractivity contribution is 5.95. The SMILES string of the molecule is COc1cc(C(C)C)c(C(N)=O)cc1CCc1ccccc1. The van der Waals surface area contributed by atoms with Crippen LogP contribution in [0, 0.1) is 0 Å². The lowest BCUT2D eigenvalue weighted by Gasteiger charge is -2.16. The highest BCUT2D eigenvalue weighted by atomic mass is 16.5. The fourth-order valence-corrected chi connectivity index (χ4v) is 2.64. The normalized spacial score (nSPS) is 10.7. The molecule has 2 aromatic carbocycles. The number of primary amides is 1. The Morgan fingerprint density at radius 3 is 2.36 bits per heavy atom. The Balaban J connectivity index is 2.33. The van der Waals surface area contributed by atoms with Gasteiger partial charge < -0.3 is 10.5 Å². The van der Waals surface area contributed by atoms with Crippen molar-refractivity contribution in [3.05, 3.63) is 64.7 Å². The predicted octanol–water partition coefficient (Wildman–Crippen LogP) is 3.70. The lowest BCUT2D eigenvalue weighted by molar-refractivity contribution is 0.0999. The molecule has 0 radical (unpaired) electrons. The quantitative estimate of drug-likeness (QED) is 0.883. The Labute approximate surface area is 132 Å². The smallest absolute Gasteiger partial charge is 0.249 e. The fourth-order valence-electron chi connectivity index (χ4n) is 2.64. The van der Waals surface area contributed by atoms with E-state index in [9.17, 15) is 4.79 Å². The van der Waals surface area contributed by atoms with Crippen molar-refractivity contribution in [3.63, 3.8) is 0 Å². The number of rotatable bonds is 6. The molecule has 0 aliphatic heterocycles. The molecule has 22 heavy (non-hydrogen) atoms. The van der Waals surface area contributed by atoms with Gasteiger partial charge in [0.25, 0.3) is 0 Å². The summed E-state index contributed by atoms with van der Waals surface area (Å²) in [4.78, 5) is 11.7. The molecular weight excluding hydrogens is 274 g/mol. The zero-order valence-electron chi connectivity index (χ0n) is 13.4. The number of carbonyl (C=O) groups is 1. The number of methoxy groups -OCH3 is 1. The average Bonchev–Trinajstić information content (AvgIpc) is 2.52. The van der Waals surface area contributed by atoms with Gasteiger partial charge in [-0.05, 0) is 47.6 Å². The Morgan fingerprint density at radius 2 is 1.82 bits per heavy atom. The maximum atomic E-state index is 11.7. The van der Waals surface area contributed by atoms with E-state index in [1.54, 1.807) is 7.11 Å². The van der Waals surface area contributed by atoms with Crippen molar-refractivity contribution >= 4 is 5.91 Å². The standard InChI is InChI=1S/C19H23NO2/c1-13(2)16-12-18(22-3)15(11-17(16)19(20)21)10-9-14-7-5-4-6-8-14/h4-8,11-13H,9-10H2,1-3H3,(H2,20,21). The van der Waals surface area contributed by atoms with Gasteiger partial charge in [-0.1, -0.05) is 44.2 Å². The predicted molar refractivity (Wildman–Crippen MR) is 89.5 cm³/mol. The molecule has 0 spiro atoms. The number of amides is 1. The molecule has 0 unspecified atom stereocenters. The summed E-state index contributed by atoms with van der Waals surface area (Å²) in [5, 5.41) is 0. The molecule has 116 valence electrons. The van der Waals surface area contributed by atoms with E-state index in [1.165, 1.54) is 5.56 Å². The molecule has 0 aliphatic carbocycles. The first-order chi connectivity index (χ1) is 10.5. The third kappa shape index (κ3) is 3.67. The first kappa shape index (κ1) is 16.1. The first-order valence-corrected chi connectivity index (χ1v) is 7.57. The van der Waals surface area contributed by atoms with Gasteiger partial charge in [0.1, 0.15) is 5.75 Å². The van der Waals surface area contributed by atoms with E-state index in [4.69, 9.17) is 10.5 Å². The molecule has 0 saturated heterocycles. The number of benzene rings is 2. The second-order valence-electron chi connectivity index (χ2n) is 5.76. The maximum Gasteiger partial charge on any atom is 0.249 e. The first-order valence-electron chi connectivity index (χ1n) is 7.57. The van der Waals surface area contributed by atoms with Crippen molar-refractivity contribution in [1.82, 2.24) is 0 Å². The van der Waals surface area contributed by atoms with Gasteiger partial charge in [-0.2, -0.15) is 0 Å². The Morgan fingerprint density at radius 1 is 1.14 bits per heavy atom. The summed E-state index contributed by atoms with van der Waals surface area (Å²) in [5.41, 5.74) is 9.35. The molecule has 0 aromatic heterocycles. The van der Waals surface area contributed by atoms with Crippen LogP contribution in [0.4, 0.5) is 0 Å². The monoisotopic (exact) mass is 297 g/mol. The van der Waals surface area contributed by atoms with Crippen LogP contribution in [0.15, 0.2) is 42.5 Å². The van der Waals surface area contributed by atoms with Gasteiger partial charge in [-0.15, -0.1) is 0 Å². The molecule has 2 N–H and O–H groups in total. The summed E-state index contributed by atoms with van der Waals surface area (Å²) in [7, 11) is 1.66. The topological polar surface area (TPSA) is 52.3 Å². The third-order valence-corrected chi connectivity index (χ3v) is 3.87. The van der Waals surface area contributed by atoms with Crippen molar-refractivity contribution < 1.29 is 9.53 Å². The van der Waals surface area contributed by atoms with Crippen LogP contribution in [0.2, 0.25) is 0 Å². The van der Waals surface area contributed by atoms with E-state index in [0.29, 0.717) is 5.56 Å². The third-order valence-electron chi connectivity index (χ3n) is 3.87. The van der Waals surface area contributed by atoms with E-state index in [2.05, 4.69) is 12.1 Å². The molecule has 1 amide bonds. The Bertz CT molecular complexity index is 648. The number of aryl methyl sites for hydroxylation is 2. The van der Waals surface area contributed by atoms with E-state index in [0.717, 1.165) is 29.7 Å². The minimum Gasteiger partial charge on any atom is -0.496 e. The van der Waals surface area contributed by atoms with Crippen LogP contribution >= 0.6 is 0 Å². The van der Waals surface area contributed by atoms with Crippen LogP contribution in [-0.2, 0) is 12.8 Å². The summed E-state index contributed by atoms with van der Waals surface area (Å²) in [5.74, 6) is 0.663. The summed E-state index contributed by atoms with van der Waals surface area (Å²) >= 11 is 0. The van der Waals surface area contributed by atoms with Crippen LogP contribution in [0.3, 0.4) is 0 Å². The van der Waals surface area contributed by atoms with E-state index in [1.807, 2.05) is 44.2 Å². The lowest BCUT2D eigenvalue weighted by Crippen LogP contribution is -2.15. The molecule has 0 saturated carbocycles. The zero-order valence-corrected chi connectivity index (χ0v) is 13.4. The van der Waals surface area contributed by atoms with Crippen molar-refractivity contribution in [1.29, 1.82) is 0 Å². The van der Waals surface area contributed by atoms with E-state index < -0.39 is 0 Å². The van der Waals surface area contributed by atoms with Crippen molar-refractivity contribution in [3.8, 4) is 5.75 Å². The van der Waals surface area contributed by atoms with Gasteiger partial charge in [-0.3, -0.25) is 4.79 Å². The van der Waals surface area contributed by atoms with Crippen molar-refractivity contribution in [2.75, 3.05) is 7.11 Å². The van der Waals surface area contributed by atoms with Gasteiger partial charge in [0.15, 0.2) is 0 Å². The minimum absolute atomic E-state index is 0.222. The summed E-state index contributed by atoms with van der Waals surface area (Å²) < 4.78 is 5.51. The molecule has 0 bridgehead atoms. The van der Waals surface area contributed by atoms with Crippen LogP contribution in [0.25, 0.3) is 0 Å². The maximum absolute atomic E-state index is 11.7. The van der Waals surface area contributed by atoms with Gasteiger partial charge in [0.2, 0.25) is 5.91 Å². The van der Waals surface area contributed by atoms with Gasteiger partial charge in [0, 0.05) is 5.56 Å². The van der Waals surface area contributed by atoms with Gasteiger partial charge in [0.05, 0.1) is 7.11 Å². The highest BCUT2D eigenvalue weighted by Gasteiger charge is 2.16. The molecule has 3 nitrogen and oxygen atoms in total. The molecule has 2 rings (SSSR count). The van der Waals surface area contributed by atoms with Crippen LogP contribution in [0.1, 0.15) is 46.8 Å². The molecule has 0 fully saturated rings. The Kier molecular flexibility index (Phi) is 5.21. The van der Waals surface area contributed by atoms with E-state index >= 15 is 0 Å². The molecule has 3 heteroatoms.